The maximum atomic E-state index is 12.6. The summed E-state index contributed by atoms with van der Waals surface area (Å²) in [5.74, 6) is 2.54. The molecule has 0 saturated heterocycles. The van der Waals surface area contributed by atoms with E-state index in [-0.39, 0.29) is 5.43 Å². The van der Waals surface area contributed by atoms with Crippen LogP contribution in [0.2, 0.25) is 0 Å². The van der Waals surface area contributed by atoms with Gasteiger partial charge in [-0.15, -0.1) is 12.3 Å². The fourth-order valence-electron chi connectivity index (χ4n) is 3.26. The molecule has 3 heteroatoms. The number of aromatic nitrogens is 2. The summed E-state index contributed by atoms with van der Waals surface area (Å²) in [6.45, 7) is 0. The number of aryl methyl sites for hydroxylation is 2. The molecule has 0 amide bonds. The summed E-state index contributed by atoms with van der Waals surface area (Å²) in [6.07, 6.45) is 12.8. The van der Waals surface area contributed by atoms with Crippen LogP contribution in [0, 0.1) is 12.3 Å². The minimum atomic E-state index is -0.0524. The van der Waals surface area contributed by atoms with Crippen LogP contribution in [0.4, 0.5) is 0 Å². The Bertz CT molecular complexity index is 930. The van der Waals surface area contributed by atoms with E-state index in [0.717, 1.165) is 25.0 Å². The van der Waals surface area contributed by atoms with E-state index in [1.165, 1.54) is 16.6 Å². The number of hydrogen-bond acceptors (Lipinski definition) is 2. The van der Waals surface area contributed by atoms with Crippen molar-refractivity contribution in [3.8, 4) is 23.7 Å². The lowest BCUT2D eigenvalue weighted by Crippen LogP contribution is -2.13. The van der Waals surface area contributed by atoms with Gasteiger partial charge < -0.3 is 4.40 Å². The van der Waals surface area contributed by atoms with Gasteiger partial charge in [0.05, 0.1) is 11.2 Å². The first-order valence-electron chi connectivity index (χ1n) is 7.17. The van der Waals surface area contributed by atoms with Crippen molar-refractivity contribution in [1.82, 2.24) is 9.38 Å². The van der Waals surface area contributed by atoms with E-state index in [0.29, 0.717) is 17.7 Å². The highest BCUT2D eigenvalue weighted by Gasteiger charge is 2.18. The van der Waals surface area contributed by atoms with Gasteiger partial charge in [-0.1, -0.05) is 6.07 Å². The van der Waals surface area contributed by atoms with Crippen molar-refractivity contribution in [3.05, 3.63) is 57.5 Å². The molecule has 0 unspecified atom stereocenters. The van der Waals surface area contributed by atoms with Crippen LogP contribution in [-0.4, -0.2) is 9.38 Å². The van der Waals surface area contributed by atoms with Crippen molar-refractivity contribution in [1.29, 1.82) is 0 Å². The largest absolute Gasteiger partial charge is 0.314 e. The standard InChI is InChI=1S/C18H14N2O/c1-2-4-13-7-8-15-16(18(13)21)19-11-14-6-3-5-12-9-10-20(15)17(12)14/h1,7-11H,3-6H2. The molecule has 102 valence electrons. The van der Waals surface area contributed by atoms with Gasteiger partial charge in [-0.05, 0) is 42.5 Å². The first-order valence-corrected chi connectivity index (χ1v) is 7.17. The van der Waals surface area contributed by atoms with Crippen molar-refractivity contribution in [3.63, 3.8) is 0 Å². The van der Waals surface area contributed by atoms with Crippen molar-refractivity contribution < 1.29 is 0 Å². The van der Waals surface area contributed by atoms with Gasteiger partial charge >= 0.3 is 0 Å². The molecule has 0 N–H and O–H groups in total. The van der Waals surface area contributed by atoms with Gasteiger partial charge in [-0.25, -0.2) is 0 Å². The Kier molecular flexibility index (Phi) is 2.58. The zero-order valence-electron chi connectivity index (χ0n) is 11.6. The van der Waals surface area contributed by atoms with E-state index in [4.69, 9.17) is 6.42 Å². The second kappa shape index (κ2) is 4.46. The first kappa shape index (κ1) is 12.2. The maximum absolute atomic E-state index is 12.6. The molecule has 0 saturated carbocycles. The van der Waals surface area contributed by atoms with E-state index >= 15 is 0 Å². The first-order chi connectivity index (χ1) is 10.3. The van der Waals surface area contributed by atoms with Crippen LogP contribution in [-0.2, 0) is 19.3 Å². The zero-order chi connectivity index (χ0) is 14.4. The molecule has 21 heavy (non-hydrogen) atoms. The minimum Gasteiger partial charge on any atom is -0.314 e. The fourth-order valence-corrected chi connectivity index (χ4v) is 3.26. The molecule has 0 aromatic carbocycles. The number of nitrogens with zero attached hydrogens (tertiary/aromatic N) is 2. The van der Waals surface area contributed by atoms with Crippen LogP contribution < -0.4 is 5.43 Å². The third-order valence-electron chi connectivity index (χ3n) is 4.26. The molecule has 0 fully saturated rings. The van der Waals surface area contributed by atoms with E-state index in [2.05, 4.69) is 21.4 Å². The molecule has 0 radical (unpaired) electrons. The average Bonchev–Trinajstić information content (AvgIpc) is 2.85. The van der Waals surface area contributed by atoms with Gasteiger partial charge in [-0.3, -0.25) is 9.78 Å². The van der Waals surface area contributed by atoms with E-state index < -0.39 is 0 Å². The van der Waals surface area contributed by atoms with Crippen molar-refractivity contribution in [2.24, 2.45) is 0 Å². The highest BCUT2D eigenvalue weighted by molar-refractivity contribution is 5.70. The Morgan fingerprint density at radius 3 is 2.95 bits per heavy atom. The summed E-state index contributed by atoms with van der Waals surface area (Å²) < 4.78 is 2.10. The van der Waals surface area contributed by atoms with Gasteiger partial charge in [0.2, 0.25) is 5.43 Å². The van der Waals surface area contributed by atoms with Gasteiger partial charge in [0.1, 0.15) is 5.69 Å². The van der Waals surface area contributed by atoms with Crippen LogP contribution in [0.15, 0.2) is 35.4 Å². The van der Waals surface area contributed by atoms with Crippen LogP contribution in [0.5, 0.6) is 0 Å². The third kappa shape index (κ3) is 1.69. The Labute approximate surface area is 122 Å². The SMILES string of the molecule is C#CCc1ccc2n3ccc4c3c(cnc-2c1=O)CCC4. The summed E-state index contributed by atoms with van der Waals surface area (Å²) >= 11 is 0. The number of fused-ring (bicyclic) bond motifs is 2. The molecule has 0 bridgehead atoms. The molecule has 2 aliphatic carbocycles. The second-order valence-corrected chi connectivity index (χ2v) is 5.50. The average molecular weight is 274 g/mol. The third-order valence-corrected chi connectivity index (χ3v) is 4.26. The monoisotopic (exact) mass is 274 g/mol. The summed E-state index contributed by atoms with van der Waals surface area (Å²) in [4.78, 5) is 17.0. The summed E-state index contributed by atoms with van der Waals surface area (Å²) in [7, 11) is 0. The molecule has 1 aromatic rings. The van der Waals surface area contributed by atoms with Gasteiger partial charge in [0.15, 0.2) is 0 Å². The molecule has 2 heterocycles. The Morgan fingerprint density at radius 1 is 1.24 bits per heavy atom. The van der Waals surface area contributed by atoms with Crippen LogP contribution >= 0.6 is 0 Å². The molecule has 4 rings (SSSR count). The lowest BCUT2D eigenvalue weighted by atomic mass is 9.98. The fraction of sp³-hybridized carbons (Fsp3) is 0.222. The van der Waals surface area contributed by atoms with Crippen molar-refractivity contribution in [2.75, 3.05) is 0 Å². The molecule has 3 aliphatic rings. The van der Waals surface area contributed by atoms with Gasteiger partial charge in [-0.2, -0.15) is 0 Å². The maximum Gasteiger partial charge on any atom is 0.210 e. The number of terminal acetylenes is 1. The van der Waals surface area contributed by atoms with Crippen LogP contribution in [0.25, 0.3) is 16.9 Å². The van der Waals surface area contributed by atoms with Gasteiger partial charge in [0.25, 0.3) is 0 Å². The van der Waals surface area contributed by atoms with Crippen LogP contribution in [0.1, 0.15) is 23.1 Å². The molecule has 1 aromatic heterocycles. The molecule has 3 nitrogen and oxygen atoms in total. The Morgan fingerprint density at radius 2 is 2.10 bits per heavy atom. The molecule has 0 spiro atoms. The minimum absolute atomic E-state index is 0.0524. The highest BCUT2D eigenvalue weighted by Crippen LogP contribution is 2.28. The number of benzene rings is 1. The second-order valence-electron chi connectivity index (χ2n) is 5.50. The smallest absolute Gasteiger partial charge is 0.210 e. The van der Waals surface area contributed by atoms with E-state index in [9.17, 15) is 4.79 Å². The summed E-state index contributed by atoms with van der Waals surface area (Å²) in [5.41, 5.74) is 5.72. The Hall–Kier alpha value is -2.60. The zero-order valence-corrected chi connectivity index (χ0v) is 11.6. The predicted molar refractivity (Wildman–Crippen MR) is 82.6 cm³/mol. The predicted octanol–water partition coefficient (Wildman–Crippen LogP) is 2.46. The summed E-state index contributed by atoms with van der Waals surface area (Å²) in [6, 6.07) is 5.94. The highest BCUT2D eigenvalue weighted by atomic mass is 16.1. The Balaban J connectivity index is 2.15. The summed E-state index contributed by atoms with van der Waals surface area (Å²) in [5, 5.41) is 0. The number of hydrogen-bond donors (Lipinski definition) is 0. The van der Waals surface area contributed by atoms with Gasteiger partial charge in [0, 0.05) is 24.4 Å². The lowest BCUT2D eigenvalue weighted by molar-refractivity contribution is 0.803. The van der Waals surface area contributed by atoms with Crippen LogP contribution in [0.3, 0.4) is 0 Å². The molecular weight excluding hydrogens is 260 g/mol. The quantitative estimate of drug-likeness (QED) is 0.639. The molecule has 0 atom stereocenters. The lowest BCUT2D eigenvalue weighted by Gasteiger charge is -2.10. The molecular formula is C18H14N2O. The van der Waals surface area contributed by atoms with Crippen molar-refractivity contribution >= 4 is 5.52 Å². The van der Waals surface area contributed by atoms with E-state index in [1.54, 1.807) is 0 Å². The molecule has 1 aliphatic heterocycles. The normalized spacial score (nSPS) is 13.5. The topological polar surface area (TPSA) is 34.4 Å². The van der Waals surface area contributed by atoms with Crippen molar-refractivity contribution in [2.45, 2.75) is 25.7 Å². The number of rotatable bonds is 1. The van der Waals surface area contributed by atoms with E-state index in [1.807, 2.05) is 24.5 Å².